The first-order valence-electron chi connectivity index (χ1n) is 13.4. The van der Waals surface area contributed by atoms with Crippen molar-refractivity contribution in [2.45, 2.75) is 51.9 Å². The molecule has 7 rings (SSSR count). The number of hydrogen-bond acceptors (Lipinski definition) is 2. The lowest BCUT2D eigenvalue weighted by Crippen LogP contribution is -2.45. The van der Waals surface area contributed by atoms with E-state index in [4.69, 9.17) is 28.3 Å². The third-order valence-electron chi connectivity index (χ3n) is 8.95. The van der Waals surface area contributed by atoms with Crippen LogP contribution in [0.4, 0.5) is 0 Å². The molecule has 4 saturated carbocycles. The Hall–Kier alpha value is -2.30. The number of aromatic nitrogens is 2. The van der Waals surface area contributed by atoms with Crippen LogP contribution in [0.3, 0.4) is 0 Å². The summed E-state index contributed by atoms with van der Waals surface area (Å²) in [6.07, 6.45) is 9.61. The summed E-state index contributed by atoms with van der Waals surface area (Å²) >= 11 is 12.3. The number of nitrogens with zero attached hydrogens (tertiary/aromatic N) is 2. The minimum atomic E-state index is -0.111. The smallest absolute Gasteiger partial charge is 0.272 e. The predicted molar refractivity (Wildman–Crippen MR) is 146 cm³/mol. The van der Waals surface area contributed by atoms with Crippen molar-refractivity contribution in [1.82, 2.24) is 15.1 Å². The Labute approximate surface area is 223 Å². The summed E-state index contributed by atoms with van der Waals surface area (Å²) in [4.78, 5) is 13.3. The molecule has 1 heterocycles. The van der Waals surface area contributed by atoms with Crippen LogP contribution in [0.1, 0.15) is 61.0 Å². The number of carbonyl (C=O) groups excluding carboxylic acids is 1. The molecule has 0 atom stereocenters. The lowest BCUT2D eigenvalue weighted by Gasteiger charge is -2.54. The van der Waals surface area contributed by atoms with Crippen LogP contribution in [0.25, 0.3) is 16.9 Å². The van der Waals surface area contributed by atoms with Crippen molar-refractivity contribution in [2.24, 2.45) is 29.6 Å². The van der Waals surface area contributed by atoms with Gasteiger partial charge in [0.2, 0.25) is 0 Å². The number of amides is 1. The van der Waals surface area contributed by atoms with Crippen LogP contribution in [0, 0.1) is 36.5 Å². The zero-order valence-electron chi connectivity index (χ0n) is 20.7. The van der Waals surface area contributed by atoms with Crippen LogP contribution < -0.4 is 5.32 Å². The Kier molecular flexibility index (Phi) is 6.60. The normalized spacial score (nSPS) is 26.4. The fourth-order valence-corrected chi connectivity index (χ4v) is 7.81. The molecule has 1 aromatic heterocycles. The second-order valence-electron chi connectivity index (χ2n) is 11.2. The molecule has 1 amide bonds. The van der Waals surface area contributed by atoms with Gasteiger partial charge in [0, 0.05) is 27.7 Å². The number of hydrogen-bond donors (Lipinski definition) is 1. The summed E-state index contributed by atoms with van der Waals surface area (Å²) in [6.45, 7) is 2.66. The molecule has 0 unspecified atom stereocenters. The Morgan fingerprint density at radius 2 is 1.50 bits per heavy atom. The van der Waals surface area contributed by atoms with Crippen molar-refractivity contribution < 1.29 is 4.79 Å². The molecule has 36 heavy (non-hydrogen) atoms. The van der Waals surface area contributed by atoms with Crippen LogP contribution in [0.15, 0.2) is 48.5 Å². The molecule has 0 aliphatic heterocycles. The molecule has 0 radical (unpaired) electrons. The van der Waals surface area contributed by atoms with Gasteiger partial charge < -0.3 is 5.32 Å². The molecule has 0 saturated heterocycles. The highest BCUT2D eigenvalue weighted by Crippen LogP contribution is 2.57. The van der Waals surface area contributed by atoms with E-state index in [0.717, 1.165) is 58.5 Å². The zero-order chi connectivity index (χ0) is 24.8. The maximum atomic E-state index is 13.3. The minimum absolute atomic E-state index is 0.111. The summed E-state index contributed by atoms with van der Waals surface area (Å²) in [5, 5.41) is 9.26. The van der Waals surface area contributed by atoms with Crippen molar-refractivity contribution in [1.29, 1.82) is 0 Å². The van der Waals surface area contributed by atoms with Crippen molar-refractivity contribution in [3.05, 3.63) is 69.8 Å². The molecule has 188 valence electrons. The summed E-state index contributed by atoms with van der Waals surface area (Å²) < 4.78 is 1.83. The van der Waals surface area contributed by atoms with Crippen molar-refractivity contribution in [3.8, 4) is 16.9 Å². The second-order valence-corrected chi connectivity index (χ2v) is 12.1. The second kappa shape index (κ2) is 9.87. The first-order chi connectivity index (χ1) is 17.5. The molecule has 4 fully saturated rings. The Morgan fingerprint density at radius 1 is 0.917 bits per heavy atom. The first-order valence-corrected chi connectivity index (χ1v) is 14.1. The van der Waals surface area contributed by atoms with Gasteiger partial charge in [0.05, 0.1) is 11.4 Å². The number of halogens is 2. The fraction of sp³-hybridized carbons (Fsp3) is 0.467. The van der Waals surface area contributed by atoms with Gasteiger partial charge in [0.25, 0.3) is 5.91 Å². The van der Waals surface area contributed by atoms with E-state index in [1.807, 2.05) is 60.1 Å². The Morgan fingerprint density at radius 3 is 2.11 bits per heavy atom. The van der Waals surface area contributed by atoms with Crippen molar-refractivity contribution >= 4 is 29.1 Å². The Balaban J connectivity index is 1.17. The number of rotatable bonds is 7. The molecule has 3 aromatic rings. The summed E-state index contributed by atoms with van der Waals surface area (Å²) in [6, 6.07) is 15.2. The first kappa shape index (κ1) is 24.1. The van der Waals surface area contributed by atoms with Gasteiger partial charge in [-0.2, -0.15) is 5.10 Å². The van der Waals surface area contributed by atoms with Crippen LogP contribution >= 0.6 is 23.2 Å². The van der Waals surface area contributed by atoms with E-state index >= 15 is 0 Å². The van der Waals surface area contributed by atoms with Crippen LogP contribution in [-0.2, 0) is 0 Å². The largest absolute Gasteiger partial charge is 0.351 e. The quantitative estimate of drug-likeness (QED) is 0.323. The highest BCUT2D eigenvalue weighted by atomic mass is 35.5. The average molecular weight is 523 g/mol. The Bertz CT molecular complexity index is 1220. The lowest BCUT2D eigenvalue weighted by atomic mass is 9.51. The number of carbonyl (C=O) groups is 1. The van der Waals surface area contributed by atoms with E-state index in [2.05, 4.69) is 5.32 Å². The molecule has 4 aliphatic carbocycles. The molecule has 4 aliphatic rings. The maximum Gasteiger partial charge on any atom is 0.272 e. The highest BCUT2D eigenvalue weighted by molar-refractivity contribution is 6.30. The van der Waals surface area contributed by atoms with Gasteiger partial charge in [-0.05, 0) is 118 Å². The molecular weight excluding hydrogens is 489 g/mol. The van der Waals surface area contributed by atoms with E-state index in [1.54, 1.807) is 0 Å². The highest BCUT2D eigenvalue weighted by Gasteiger charge is 2.47. The minimum Gasteiger partial charge on any atom is -0.351 e. The van der Waals surface area contributed by atoms with E-state index in [0.29, 0.717) is 22.3 Å². The SMILES string of the molecule is Cc1c(C(=O)NCCCC2C3CC4CC(C3)CC2C4)nn(-c2ccc(Cl)cc2)c1-c1ccc(Cl)cc1. The van der Waals surface area contributed by atoms with Gasteiger partial charge in [0.1, 0.15) is 0 Å². The predicted octanol–water partition coefficient (Wildman–Crippen LogP) is 7.74. The average Bonchev–Trinajstić information content (AvgIpc) is 3.20. The van der Waals surface area contributed by atoms with Crippen molar-refractivity contribution in [2.75, 3.05) is 6.54 Å². The van der Waals surface area contributed by atoms with E-state index < -0.39 is 0 Å². The van der Waals surface area contributed by atoms with Crippen LogP contribution in [-0.4, -0.2) is 22.2 Å². The van der Waals surface area contributed by atoms with Gasteiger partial charge >= 0.3 is 0 Å². The lowest BCUT2D eigenvalue weighted by molar-refractivity contribution is -0.0401. The molecule has 4 bridgehead atoms. The third-order valence-corrected chi connectivity index (χ3v) is 9.45. The molecule has 0 spiro atoms. The maximum absolute atomic E-state index is 13.3. The summed E-state index contributed by atoms with van der Waals surface area (Å²) in [7, 11) is 0. The molecular formula is C30H33Cl2N3O. The van der Waals surface area contributed by atoms with Gasteiger partial charge in [-0.1, -0.05) is 35.3 Å². The summed E-state index contributed by atoms with van der Waals surface area (Å²) in [5.74, 6) is 4.67. The molecule has 2 aromatic carbocycles. The molecule has 4 nitrogen and oxygen atoms in total. The van der Waals surface area contributed by atoms with E-state index in [-0.39, 0.29) is 5.91 Å². The van der Waals surface area contributed by atoms with Gasteiger partial charge in [-0.15, -0.1) is 0 Å². The zero-order valence-corrected chi connectivity index (χ0v) is 22.2. The van der Waals surface area contributed by atoms with Gasteiger partial charge in [-0.25, -0.2) is 4.68 Å². The van der Waals surface area contributed by atoms with Gasteiger partial charge in [-0.3, -0.25) is 4.79 Å². The topological polar surface area (TPSA) is 46.9 Å². The van der Waals surface area contributed by atoms with Gasteiger partial charge in [0.15, 0.2) is 5.69 Å². The van der Waals surface area contributed by atoms with Crippen LogP contribution in [0.5, 0.6) is 0 Å². The van der Waals surface area contributed by atoms with Crippen molar-refractivity contribution in [3.63, 3.8) is 0 Å². The van der Waals surface area contributed by atoms with E-state index in [1.165, 1.54) is 38.5 Å². The molecule has 6 heteroatoms. The third kappa shape index (κ3) is 4.59. The monoisotopic (exact) mass is 521 g/mol. The number of nitrogens with one attached hydrogen (secondary N) is 1. The molecule has 1 N–H and O–H groups in total. The van der Waals surface area contributed by atoms with E-state index in [9.17, 15) is 4.79 Å². The fourth-order valence-electron chi connectivity index (χ4n) is 7.56. The van der Waals surface area contributed by atoms with Crippen LogP contribution in [0.2, 0.25) is 10.0 Å². The standard InChI is InChI=1S/C30H33Cl2N3O/c1-18-28(30(36)33-12-2-3-27-22-14-19-13-20(16-22)17-23(27)15-19)34-35(26-10-8-25(32)9-11-26)29(18)21-4-6-24(31)7-5-21/h4-11,19-20,22-23,27H,2-3,12-17H2,1H3,(H,33,36). The summed E-state index contributed by atoms with van der Waals surface area (Å²) in [5.41, 5.74) is 4.01. The number of benzene rings is 2.